The van der Waals surface area contributed by atoms with Crippen molar-refractivity contribution >= 4 is 0 Å². The molecule has 20 heavy (non-hydrogen) atoms. The summed E-state index contributed by atoms with van der Waals surface area (Å²) in [6.07, 6.45) is 2.80. The second kappa shape index (κ2) is 5.53. The van der Waals surface area contributed by atoms with Crippen LogP contribution >= 0.6 is 0 Å². The molecule has 1 radical (unpaired) electrons. The Labute approximate surface area is 116 Å². The van der Waals surface area contributed by atoms with E-state index in [1.165, 1.54) is 12.1 Å². The van der Waals surface area contributed by atoms with E-state index >= 15 is 0 Å². The molecule has 0 amide bonds. The highest BCUT2D eigenvalue weighted by atomic mass is 19.1. The highest BCUT2D eigenvalue weighted by Gasteiger charge is 2.01. The van der Waals surface area contributed by atoms with Gasteiger partial charge in [0.1, 0.15) is 17.3 Å². The van der Waals surface area contributed by atoms with Gasteiger partial charge in [-0.05, 0) is 60.7 Å². The summed E-state index contributed by atoms with van der Waals surface area (Å²) < 4.78 is 18.4. The van der Waals surface area contributed by atoms with Crippen LogP contribution in [0.1, 0.15) is 0 Å². The lowest BCUT2D eigenvalue weighted by Crippen LogP contribution is -1.86. The first-order valence-electron chi connectivity index (χ1n) is 6.18. The molecule has 0 aliphatic carbocycles. The van der Waals surface area contributed by atoms with Crippen LogP contribution in [0.2, 0.25) is 0 Å². The van der Waals surface area contributed by atoms with E-state index in [4.69, 9.17) is 4.74 Å². The fraction of sp³-hybridized carbons (Fsp3) is 0. The maximum Gasteiger partial charge on any atom is 0.127 e. The van der Waals surface area contributed by atoms with Gasteiger partial charge in [0.25, 0.3) is 0 Å². The summed E-state index contributed by atoms with van der Waals surface area (Å²) in [6, 6.07) is 19.1. The Morgan fingerprint density at radius 3 is 2.10 bits per heavy atom. The van der Waals surface area contributed by atoms with Gasteiger partial charge in [0, 0.05) is 5.56 Å². The Balaban J connectivity index is 1.78. The lowest BCUT2D eigenvalue weighted by molar-refractivity contribution is 0.480. The zero-order valence-electron chi connectivity index (χ0n) is 10.6. The molecular formula is C17H11FNO. The summed E-state index contributed by atoms with van der Waals surface area (Å²) in [7, 11) is 0. The van der Waals surface area contributed by atoms with E-state index in [2.05, 4.69) is 11.2 Å². The van der Waals surface area contributed by atoms with Crippen molar-refractivity contribution in [3.63, 3.8) is 0 Å². The van der Waals surface area contributed by atoms with Crippen molar-refractivity contribution in [1.29, 1.82) is 0 Å². The van der Waals surface area contributed by atoms with Crippen LogP contribution in [0.25, 0.3) is 11.3 Å². The maximum atomic E-state index is 12.8. The van der Waals surface area contributed by atoms with Crippen molar-refractivity contribution in [3.8, 4) is 22.8 Å². The monoisotopic (exact) mass is 264 g/mol. The molecule has 0 atom stereocenters. The summed E-state index contributed by atoms with van der Waals surface area (Å²) in [4.78, 5) is 4.16. The summed E-state index contributed by atoms with van der Waals surface area (Å²) in [6.45, 7) is 0. The van der Waals surface area contributed by atoms with Gasteiger partial charge in [0.15, 0.2) is 0 Å². The molecule has 0 aliphatic rings. The molecule has 0 spiro atoms. The number of benzene rings is 2. The number of hydrogen-bond acceptors (Lipinski definition) is 2. The summed E-state index contributed by atoms with van der Waals surface area (Å²) in [5, 5.41) is 0. The van der Waals surface area contributed by atoms with E-state index < -0.39 is 0 Å². The zero-order chi connectivity index (χ0) is 13.8. The number of hydrogen-bond donors (Lipinski definition) is 0. The molecule has 3 aromatic rings. The highest BCUT2D eigenvalue weighted by Crippen LogP contribution is 2.24. The number of ether oxygens (including phenoxy) is 1. The van der Waals surface area contributed by atoms with Gasteiger partial charge in [0.2, 0.25) is 0 Å². The number of nitrogens with zero attached hydrogens (tertiary/aromatic N) is 1. The third kappa shape index (κ3) is 2.83. The van der Waals surface area contributed by atoms with Crippen LogP contribution in [0.3, 0.4) is 0 Å². The van der Waals surface area contributed by atoms with Crippen LogP contribution in [0.5, 0.6) is 11.5 Å². The number of halogens is 1. The lowest BCUT2D eigenvalue weighted by atomic mass is 10.1. The number of rotatable bonds is 3. The standard InChI is InChI=1S/C17H11FNO/c18-14-6-10-16(11-7-14)20-15-8-4-13(5-9-15)17-3-1-2-12-19-17/h1-11H. The van der Waals surface area contributed by atoms with Crippen molar-refractivity contribution in [1.82, 2.24) is 4.98 Å². The molecule has 0 unspecified atom stereocenters. The third-order valence-electron chi connectivity index (χ3n) is 2.81. The van der Waals surface area contributed by atoms with Crippen molar-refractivity contribution in [2.24, 2.45) is 0 Å². The van der Waals surface area contributed by atoms with E-state index in [0.717, 1.165) is 11.3 Å². The number of aromatic nitrogens is 1. The first kappa shape index (κ1) is 12.4. The largest absolute Gasteiger partial charge is 0.457 e. The third-order valence-corrected chi connectivity index (χ3v) is 2.81. The van der Waals surface area contributed by atoms with Gasteiger partial charge in [-0.3, -0.25) is 0 Å². The molecule has 97 valence electrons. The topological polar surface area (TPSA) is 22.1 Å². The van der Waals surface area contributed by atoms with Crippen molar-refractivity contribution in [2.45, 2.75) is 0 Å². The van der Waals surface area contributed by atoms with Gasteiger partial charge in [-0.2, -0.15) is 0 Å². The number of pyridine rings is 1. The molecule has 0 aliphatic heterocycles. The maximum absolute atomic E-state index is 12.8. The minimum absolute atomic E-state index is 0.279. The fourth-order valence-electron chi connectivity index (χ4n) is 1.82. The van der Waals surface area contributed by atoms with Gasteiger partial charge in [-0.15, -0.1) is 0 Å². The molecule has 2 nitrogen and oxygen atoms in total. The van der Waals surface area contributed by atoms with Crippen molar-refractivity contribution in [2.75, 3.05) is 0 Å². The first-order valence-corrected chi connectivity index (χ1v) is 6.18. The van der Waals surface area contributed by atoms with Crippen LogP contribution in [0.15, 0.2) is 66.7 Å². The molecule has 3 heteroatoms. The SMILES string of the molecule is Fc1ccc(Oc2ccc(-c3ccc[c]n3)cc2)cc1. The molecule has 0 saturated carbocycles. The van der Waals surface area contributed by atoms with Gasteiger partial charge >= 0.3 is 0 Å². The molecule has 0 fully saturated rings. The van der Waals surface area contributed by atoms with E-state index in [1.807, 2.05) is 36.4 Å². The van der Waals surface area contributed by atoms with E-state index in [1.54, 1.807) is 18.2 Å². The van der Waals surface area contributed by atoms with Gasteiger partial charge in [0.05, 0.1) is 11.9 Å². The average molecular weight is 264 g/mol. The second-order valence-corrected chi connectivity index (χ2v) is 4.23. The highest BCUT2D eigenvalue weighted by molar-refractivity contribution is 5.59. The van der Waals surface area contributed by atoms with Crippen LogP contribution in [0, 0.1) is 12.0 Å². The van der Waals surface area contributed by atoms with Crippen molar-refractivity contribution < 1.29 is 9.13 Å². The second-order valence-electron chi connectivity index (χ2n) is 4.23. The Morgan fingerprint density at radius 2 is 1.50 bits per heavy atom. The molecule has 1 heterocycles. The molecule has 3 rings (SSSR count). The minimum atomic E-state index is -0.279. The van der Waals surface area contributed by atoms with E-state index in [0.29, 0.717) is 11.5 Å². The Bertz CT molecular complexity index is 678. The minimum Gasteiger partial charge on any atom is -0.457 e. The van der Waals surface area contributed by atoms with Crippen LogP contribution in [0.4, 0.5) is 4.39 Å². The normalized spacial score (nSPS) is 10.2. The Kier molecular flexibility index (Phi) is 3.42. The molecular weight excluding hydrogens is 253 g/mol. The van der Waals surface area contributed by atoms with Gasteiger partial charge in [-0.25, -0.2) is 9.37 Å². The van der Waals surface area contributed by atoms with Crippen molar-refractivity contribution in [3.05, 3.63) is 78.7 Å². The smallest absolute Gasteiger partial charge is 0.127 e. The molecule has 1 aromatic heterocycles. The average Bonchev–Trinajstić information content (AvgIpc) is 2.51. The van der Waals surface area contributed by atoms with Crippen LogP contribution in [-0.4, -0.2) is 4.98 Å². The molecule has 0 bridgehead atoms. The zero-order valence-corrected chi connectivity index (χ0v) is 10.6. The van der Waals surface area contributed by atoms with Gasteiger partial charge in [-0.1, -0.05) is 6.07 Å². The van der Waals surface area contributed by atoms with E-state index in [9.17, 15) is 4.39 Å². The lowest BCUT2D eigenvalue weighted by Gasteiger charge is -2.06. The summed E-state index contributed by atoms with van der Waals surface area (Å²) >= 11 is 0. The Hall–Kier alpha value is -2.68. The molecule has 2 aromatic carbocycles. The van der Waals surface area contributed by atoms with Crippen LogP contribution < -0.4 is 4.74 Å². The Morgan fingerprint density at radius 1 is 0.850 bits per heavy atom. The first-order chi connectivity index (χ1) is 9.81. The summed E-state index contributed by atoms with van der Waals surface area (Å²) in [5.41, 5.74) is 1.86. The predicted octanol–water partition coefficient (Wildman–Crippen LogP) is 4.48. The van der Waals surface area contributed by atoms with Gasteiger partial charge < -0.3 is 4.74 Å². The quantitative estimate of drug-likeness (QED) is 0.695. The predicted molar refractivity (Wildman–Crippen MR) is 75.0 cm³/mol. The molecule has 0 N–H and O–H groups in total. The summed E-state index contributed by atoms with van der Waals surface area (Å²) in [5.74, 6) is 1.02. The van der Waals surface area contributed by atoms with Crippen LogP contribution in [-0.2, 0) is 0 Å². The fourth-order valence-corrected chi connectivity index (χ4v) is 1.82. The molecule has 0 saturated heterocycles. The van der Waals surface area contributed by atoms with E-state index in [-0.39, 0.29) is 5.82 Å².